The average molecular weight is 331 g/mol. The number of ether oxygens (including phenoxy) is 1. The van der Waals surface area contributed by atoms with Gasteiger partial charge in [-0.3, -0.25) is 14.5 Å². The summed E-state index contributed by atoms with van der Waals surface area (Å²) in [5.41, 5.74) is 1.21. The second kappa shape index (κ2) is 6.19. The Balaban J connectivity index is 1.52. The third kappa shape index (κ3) is 2.60. The van der Waals surface area contributed by atoms with Gasteiger partial charge in [0.1, 0.15) is 5.83 Å². The second-order valence-electron chi connectivity index (χ2n) is 7.07. The number of rotatable bonds is 3. The van der Waals surface area contributed by atoms with Crippen molar-refractivity contribution in [1.29, 1.82) is 0 Å². The lowest BCUT2D eigenvalue weighted by molar-refractivity contribution is -0.140. The van der Waals surface area contributed by atoms with Crippen LogP contribution in [0.4, 0.5) is 4.39 Å². The number of allylic oxidation sites excluding steroid dienone is 2. The van der Waals surface area contributed by atoms with E-state index in [4.69, 9.17) is 4.74 Å². The standard InChI is InChI=1S/C19H22FNO3/c20-16-10-9-13(24-12-5-1-2-6-12)11-17(16)21-18(22)14-7-3-4-8-15(14)19(21)23/h9-10,12,17H,1-8,11H2. The Bertz CT molecular complexity index is 642. The van der Waals surface area contributed by atoms with Crippen molar-refractivity contribution in [3.05, 3.63) is 34.9 Å². The fraction of sp³-hybridized carbons (Fsp3) is 0.579. The maximum atomic E-state index is 14.4. The molecular weight excluding hydrogens is 309 g/mol. The van der Waals surface area contributed by atoms with Gasteiger partial charge in [-0.1, -0.05) is 0 Å². The summed E-state index contributed by atoms with van der Waals surface area (Å²) in [7, 11) is 0. The minimum atomic E-state index is -0.850. The van der Waals surface area contributed by atoms with E-state index in [0.717, 1.165) is 43.4 Å². The van der Waals surface area contributed by atoms with Crippen LogP contribution in [0.25, 0.3) is 0 Å². The molecule has 0 saturated heterocycles. The molecule has 4 aliphatic rings. The molecule has 0 radical (unpaired) electrons. The number of hydrogen-bond acceptors (Lipinski definition) is 3. The van der Waals surface area contributed by atoms with E-state index in [1.807, 2.05) is 0 Å². The summed E-state index contributed by atoms with van der Waals surface area (Å²) in [5, 5.41) is 0. The van der Waals surface area contributed by atoms with E-state index >= 15 is 0 Å². The Morgan fingerprint density at radius 1 is 0.958 bits per heavy atom. The molecule has 0 N–H and O–H groups in total. The number of imide groups is 1. The summed E-state index contributed by atoms with van der Waals surface area (Å²) in [5.74, 6) is -0.357. The van der Waals surface area contributed by atoms with Gasteiger partial charge in [-0.15, -0.1) is 0 Å². The molecule has 4 rings (SSSR count). The van der Waals surface area contributed by atoms with Crippen LogP contribution in [0.1, 0.15) is 57.8 Å². The predicted molar refractivity (Wildman–Crippen MR) is 86.4 cm³/mol. The van der Waals surface area contributed by atoms with Gasteiger partial charge < -0.3 is 4.74 Å². The molecule has 1 heterocycles. The minimum absolute atomic E-state index is 0.183. The van der Waals surface area contributed by atoms with Crippen molar-refractivity contribution in [3.8, 4) is 0 Å². The molecule has 1 fully saturated rings. The number of carbonyl (C=O) groups is 2. The van der Waals surface area contributed by atoms with Crippen molar-refractivity contribution in [1.82, 2.24) is 4.90 Å². The van der Waals surface area contributed by atoms with Gasteiger partial charge in [0.25, 0.3) is 11.8 Å². The van der Waals surface area contributed by atoms with Gasteiger partial charge in [-0.2, -0.15) is 0 Å². The van der Waals surface area contributed by atoms with E-state index in [1.54, 1.807) is 6.08 Å². The lowest BCUT2D eigenvalue weighted by Crippen LogP contribution is -2.42. The molecular formula is C19H22FNO3. The lowest BCUT2D eigenvalue weighted by atomic mass is 9.93. The zero-order valence-corrected chi connectivity index (χ0v) is 13.7. The van der Waals surface area contributed by atoms with Crippen LogP contribution in [0.15, 0.2) is 34.9 Å². The molecule has 128 valence electrons. The predicted octanol–water partition coefficient (Wildman–Crippen LogP) is 3.69. The smallest absolute Gasteiger partial charge is 0.257 e. The highest BCUT2D eigenvalue weighted by Crippen LogP contribution is 2.38. The maximum absolute atomic E-state index is 14.4. The Hall–Kier alpha value is -1.91. The molecule has 1 saturated carbocycles. The molecule has 2 amide bonds. The Morgan fingerprint density at radius 2 is 1.58 bits per heavy atom. The first-order valence-electron chi connectivity index (χ1n) is 8.98. The molecule has 4 nitrogen and oxygen atoms in total. The van der Waals surface area contributed by atoms with Crippen molar-refractivity contribution < 1.29 is 18.7 Å². The first-order chi connectivity index (χ1) is 11.6. The molecule has 1 atom stereocenters. The van der Waals surface area contributed by atoms with Gasteiger partial charge in [0.05, 0.1) is 17.9 Å². The molecule has 24 heavy (non-hydrogen) atoms. The normalized spacial score (nSPS) is 28.2. The highest BCUT2D eigenvalue weighted by atomic mass is 19.1. The number of hydrogen-bond donors (Lipinski definition) is 0. The fourth-order valence-corrected chi connectivity index (χ4v) is 4.21. The van der Waals surface area contributed by atoms with E-state index in [2.05, 4.69) is 0 Å². The van der Waals surface area contributed by atoms with Gasteiger partial charge in [-0.05, 0) is 63.5 Å². The van der Waals surface area contributed by atoms with E-state index < -0.39 is 11.9 Å². The summed E-state index contributed by atoms with van der Waals surface area (Å²) in [4.78, 5) is 26.4. The van der Waals surface area contributed by atoms with Crippen LogP contribution in [0.2, 0.25) is 0 Å². The molecule has 0 aromatic rings. The Morgan fingerprint density at radius 3 is 2.21 bits per heavy atom. The van der Waals surface area contributed by atoms with Crippen LogP contribution < -0.4 is 0 Å². The SMILES string of the molecule is O=C1C2=C(CCCC2)C(=O)N1C1CC(OC2CCCC2)=CC=C1F. The maximum Gasteiger partial charge on any atom is 0.257 e. The van der Waals surface area contributed by atoms with E-state index in [0.29, 0.717) is 29.7 Å². The van der Waals surface area contributed by atoms with Crippen molar-refractivity contribution in [2.75, 3.05) is 0 Å². The fourth-order valence-electron chi connectivity index (χ4n) is 4.21. The molecule has 1 aliphatic heterocycles. The monoisotopic (exact) mass is 331 g/mol. The quantitative estimate of drug-likeness (QED) is 0.741. The second-order valence-corrected chi connectivity index (χ2v) is 7.07. The Labute approximate surface area is 141 Å². The van der Waals surface area contributed by atoms with Gasteiger partial charge in [0, 0.05) is 17.6 Å². The molecule has 0 spiro atoms. The lowest BCUT2D eigenvalue weighted by Gasteiger charge is -2.29. The van der Waals surface area contributed by atoms with Crippen LogP contribution in [0.5, 0.6) is 0 Å². The molecule has 3 aliphatic carbocycles. The van der Waals surface area contributed by atoms with Crippen LogP contribution in [0, 0.1) is 0 Å². The summed E-state index contributed by atoms with van der Waals surface area (Å²) in [6.07, 6.45) is 10.9. The number of carbonyl (C=O) groups excluding carboxylic acids is 2. The zero-order valence-electron chi connectivity index (χ0n) is 13.7. The molecule has 5 heteroatoms. The first kappa shape index (κ1) is 15.6. The van der Waals surface area contributed by atoms with Crippen molar-refractivity contribution in [2.45, 2.75) is 69.9 Å². The van der Waals surface area contributed by atoms with Crippen LogP contribution in [0.3, 0.4) is 0 Å². The van der Waals surface area contributed by atoms with Gasteiger partial charge in [0.2, 0.25) is 0 Å². The van der Waals surface area contributed by atoms with Crippen LogP contribution in [-0.2, 0) is 14.3 Å². The largest absolute Gasteiger partial charge is 0.495 e. The van der Waals surface area contributed by atoms with Gasteiger partial charge in [0.15, 0.2) is 0 Å². The molecule has 1 unspecified atom stereocenters. The molecule has 0 aromatic carbocycles. The third-order valence-corrected chi connectivity index (χ3v) is 5.49. The zero-order chi connectivity index (χ0) is 16.7. The number of nitrogens with zero attached hydrogens (tertiary/aromatic N) is 1. The summed E-state index contributed by atoms with van der Waals surface area (Å²) >= 11 is 0. The van der Waals surface area contributed by atoms with Crippen LogP contribution in [-0.4, -0.2) is 28.9 Å². The van der Waals surface area contributed by atoms with E-state index in [9.17, 15) is 14.0 Å². The number of amides is 2. The first-order valence-corrected chi connectivity index (χ1v) is 8.98. The highest BCUT2D eigenvalue weighted by Gasteiger charge is 2.44. The summed E-state index contributed by atoms with van der Waals surface area (Å²) in [6.45, 7) is 0. The minimum Gasteiger partial charge on any atom is -0.495 e. The number of halogens is 1. The van der Waals surface area contributed by atoms with Crippen LogP contribution >= 0.6 is 0 Å². The van der Waals surface area contributed by atoms with Crippen molar-refractivity contribution >= 4 is 11.8 Å². The van der Waals surface area contributed by atoms with Crippen molar-refractivity contribution in [2.24, 2.45) is 0 Å². The summed E-state index contributed by atoms with van der Waals surface area (Å²) in [6, 6.07) is -0.850. The van der Waals surface area contributed by atoms with E-state index in [1.165, 1.54) is 6.08 Å². The Kier molecular flexibility index (Phi) is 4.02. The van der Waals surface area contributed by atoms with Crippen molar-refractivity contribution in [3.63, 3.8) is 0 Å². The topological polar surface area (TPSA) is 46.6 Å². The molecule has 0 bridgehead atoms. The summed E-state index contributed by atoms with van der Waals surface area (Å²) < 4.78 is 20.4. The van der Waals surface area contributed by atoms with E-state index in [-0.39, 0.29) is 24.3 Å². The highest BCUT2D eigenvalue weighted by molar-refractivity contribution is 6.19. The average Bonchev–Trinajstić information content (AvgIpc) is 3.18. The van der Waals surface area contributed by atoms with Gasteiger partial charge >= 0.3 is 0 Å². The molecule has 0 aromatic heterocycles. The van der Waals surface area contributed by atoms with Gasteiger partial charge in [-0.25, -0.2) is 4.39 Å². The third-order valence-electron chi connectivity index (χ3n) is 5.49.